The molecule has 4 nitrogen and oxygen atoms in total. The average Bonchev–Trinajstić information content (AvgIpc) is 2.50. The first-order valence-electron chi connectivity index (χ1n) is 6.93. The summed E-state index contributed by atoms with van der Waals surface area (Å²) >= 11 is 6.05. The second-order valence-electron chi connectivity index (χ2n) is 4.78. The summed E-state index contributed by atoms with van der Waals surface area (Å²) in [6, 6.07) is 13.5. The molecule has 0 spiro atoms. The lowest BCUT2D eigenvalue weighted by Gasteiger charge is -2.15. The largest absolute Gasteiger partial charge is 0.492 e. The molecule has 2 aromatic carbocycles. The minimum Gasteiger partial charge on any atom is -0.492 e. The Hall–Kier alpha value is -1.56. The normalized spacial score (nSPS) is 12.9. The van der Waals surface area contributed by atoms with Crippen molar-refractivity contribution in [3.8, 4) is 5.75 Å². The van der Waals surface area contributed by atoms with Gasteiger partial charge in [0, 0.05) is 6.04 Å². The van der Waals surface area contributed by atoms with Crippen LogP contribution in [-0.2, 0) is 10.0 Å². The zero-order chi connectivity index (χ0) is 16.2. The first-order chi connectivity index (χ1) is 10.4. The van der Waals surface area contributed by atoms with Crippen molar-refractivity contribution < 1.29 is 13.2 Å². The van der Waals surface area contributed by atoms with Crippen LogP contribution in [0.15, 0.2) is 53.4 Å². The van der Waals surface area contributed by atoms with Crippen LogP contribution < -0.4 is 9.46 Å². The Labute approximate surface area is 136 Å². The number of benzene rings is 2. The van der Waals surface area contributed by atoms with E-state index in [-0.39, 0.29) is 16.0 Å². The maximum absolute atomic E-state index is 12.4. The predicted molar refractivity (Wildman–Crippen MR) is 87.8 cm³/mol. The van der Waals surface area contributed by atoms with Gasteiger partial charge in [-0.2, -0.15) is 0 Å². The third-order valence-electron chi connectivity index (χ3n) is 3.14. The van der Waals surface area contributed by atoms with Gasteiger partial charge in [-0.15, -0.1) is 0 Å². The first-order valence-corrected chi connectivity index (χ1v) is 8.80. The molecule has 0 unspecified atom stereocenters. The standard InChI is InChI=1S/C16H18ClNO3S/c1-3-21-16-10-9-14(11-15(16)17)22(19,20)18-12(2)13-7-5-4-6-8-13/h4-12,18H,3H2,1-2H3/t12-/m1/s1. The van der Waals surface area contributed by atoms with Crippen LogP contribution in [0.2, 0.25) is 5.02 Å². The summed E-state index contributed by atoms with van der Waals surface area (Å²) in [6.07, 6.45) is 0. The Morgan fingerprint density at radius 1 is 1.18 bits per heavy atom. The fraction of sp³-hybridized carbons (Fsp3) is 0.250. The van der Waals surface area contributed by atoms with Crippen LogP contribution in [0.1, 0.15) is 25.5 Å². The lowest BCUT2D eigenvalue weighted by Crippen LogP contribution is -2.26. The predicted octanol–water partition coefficient (Wildman–Crippen LogP) is 3.78. The lowest BCUT2D eigenvalue weighted by atomic mass is 10.1. The summed E-state index contributed by atoms with van der Waals surface area (Å²) in [5.74, 6) is 0.472. The van der Waals surface area contributed by atoms with Gasteiger partial charge >= 0.3 is 0 Å². The molecule has 0 aliphatic carbocycles. The Kier molecular flexibility index (Phi) is 5.45. The van der Waals surface area contributed by atoms with Gasteiger partial charge in [-0.25, -0.2) is 13.1 Å². The number of halogens is 1. The van der Waals surface area contributed by atoms with Gasteiger partial charge in [0.2, 0.25) is 10.0 Å². The average molecular weight is 340 g/mol. The van der Waals surface area contributed by atoms with Crippen molar-refractivity contribution in [2.45, 2.75) is 24.8 Å². The summed E-state index contributed by atoms with van der Waals surface area (Å²) in [5.41, 5.74) is 0.892. The third-order valence-corrected chi connectivity index (χ3v) is 4.98. The first kappa shape index (κ1) is 16.8. The van der Waals surface area contributed by atoms with Crippen molar-refractivity contribution >= 4 is 21.6 Å². The Balaban J connectivity index is 2.22. The van der Waals surface area contributed by atoms with Gasteiger partial charge in [-0.1, -0.05) is 41.9 Å². The molecule has 0 radical (unpaired) electrons. The maximum Gasteiger partial charge on any atom is 0.241 e. The molecule has 0 aliphatic heterocycles. The summed E-state index contributed by atoms with van der Waals surface area (Å²) in [6.45, 7) is 4.10. The van der Waals surface area contributed by atoms with E-state index in [1.807, 2.05) is 37.3 Å². The van der Waals surface area contributed by atoms with E-state index in [4.69, 9.17) is 16.3 Å². The van der Waals surface area contributed by atoms with Crippen LogP contribution >= 0.6 is 11.6 Å². The Morgan fingerprint density at radius 3 is 2.45 bits per heavy atom. The van der Waals surface area contributed by atoms with Crippen LogP contribution in [0, 0.1) is 0 Å². The van der Waals surface area contributed by atoms with E-state index in [9.17, 15) is 8.42 Å². The van der Waals surface area contributed by atoms with Crippen LogP contribution in [-0.4, -0.2) is 15.0 Å². The summed E-state index contributed by atoms with van der Waals surface area (Å²) in [7, 11) is -3.65. The molecule has 2 rings (SSSR count). The molecular formula is C16H18ClNO3S. The third kappa shape index (κ3) is 4.00. The van der Waals surface area contributed by atoms with E-state index >= 15 is 0 Å². The number of hydrogen-bond acceptors (Lipinski definition) is 3. The molecule has 6 heteroatoms. The molecule has 1 atom stereocenters. The molecule has 0 saturated heterocycles. The molecule has 0 saturated carbocycles. The number of ether oxygens (including phenoxy) is 1. The molecule has 0 heterocycles. The van der Waals surface area contributed by atoms with E-state index in [1.54, 1.807) is 13.0 Å². The van der Waals surface area contributed by atoms with E-state index in [1.165, 1.54) is 12.1 Å². The zero-order valence-electron chi connectivity index (χ0n) is 12.4. The molecule has 0 bridgehead atoms. The van der Waals surface area contributed by atoms with E-state index in [0.717, 1.165) is 5.56 Å². The van der Waals surface area contributed by atoms with Crippen LogP contribution in [0.4, 0.5) is 0 Å². The molecule has 1 N–H and O–H groups in total. The fourth-order valence-electron chi connectivity index (χ4n) is 2.03. The molecule has 0 aliphatic rings. The highest BCUT2D eigenvalue weighted by Crippen LogP contribution is 2.28. The van der Waals surface area contributed by atoms with Gasteiger partial charge in [-0.05, 0) is 37.6 Å². The van der Waals surface area contributed by atoms with Gasteiger partial charge in [0.1, 0.15) is 5.75 Å². The minimum atomic E-state index is -3.65. The van der Waals surface area contributed by atoms with Crippen molar-refractivity contribution in [1.82, 2.24) is 4.72 Å². The second kappa shape index (κ2) is 7.13. The number of nitrogens with one attached hydrogen (secondary N) is 1. The highest BCUT2D eigenvalue weighted by molar-refractivity contribution is 7.89. The zero-order valence-corrected chi connectivity index (χ0v) is 14.0. The molecule has 2 aromatic rings. The summed E-state index contributed by atoms with van der Waals surface area (Å²) in [4.78, 5) is 0.115. The summed E-state index contributed by atoms with van der Waals surface area (Å²) < 4.78 is 32.8. The number of hydrogen-bond donors (Lipinski definition) is 1. The molecular weight excluding hydrogens is 322 g/mol. The highest BCUT2D eigenvalue weighted by Gasteiger charge is 2.19. The molecule has 22 heavy (non-hydrogen) atoms. The van der Waals surface area contributed by atoms with Crippen molar-refractivity contribution in [2.75, 3.05) is 6.61 Å². The van der Waals surface area contributed by atoms with Gasteiger partial charge in [0.05, 0.1) is 16.5 Å². The van der Waals surface area contributed by atoms with Crippen LogP contribution in [0.3, 0.4) is 0 Å². The Bertz CT molecular complexity index is 732. The maximum atomic E-state index is 12.4. The summed E-state index contributed by atoms with van der Waals surface area (Å²) in [5, 5.41) is 0.275. The van der Waals surface area contributed by atoms with Gasteiger partial charge in [0.15, 0.2) is 0 Å². The van der Waals surface area contributed by atoms with Gasteiger partial charge in [-0.3, -0.25) is 0 Å². The highest BCUT2D eigenvalue weighted by atomic mass is 35.5. The van der Waals surface area contributed by atoms with Crippen molar-refractivity contribution in [3.63, 3.8) is 0 Å². The SMILES string of the molecule is CCOc1ccc(S(=O)(=O)N[C@H](C)c2ccccc2)cc1Cl. The van der Waals surface area contributed by atoms with Gasteiger partial charge in [0.25, 0.3) is 0 Å². The smallest absolute Gasteiger partial charge is 0.241 e. The monoisotopic (exact) mass is 339 g/mol. The van der Waals surface area contributed by atoms with Crippen LogP contribution in [0.5, 0.6) is 5.75 Å². The van der Waals surface area contributed by atoms with E-state index in [2.05, 4.69) is 4.72 Å². The molecule has 0 aromatic heterocycles. The minimum absolute atomic E-state index is 0.115. The van der Waals surface area contributed by atoms with Crippen molar-refractivity contribution in [1.29, 1.82) is 0 Å². The van der Waals surface area contributed by atoms with Gasteiger partial charge < -0.3 is 4.74 Å². The molecule has 118 valence electrons. The molecule has 0 amide bonds. The topological polar surface area (TPSA) is 55.4 Å². The number of sulfonamides is 1. The number of rotatable bonds is 6. The second-order valence-corrected chi connectivity index (χ2v) is 6.90. The van der Waals surface area contributed by atoms with E-state index in [0.29, 0.717) is 12.4 Å². The lowest BCUT2D eigenvalue weighted by molar-refractivity contribution is 0.340. The van der Waals surface area contributed by atoms with Crippen molar-refractivity contribution in [2.24, 2.45) is 0 Å². The fourth-order valence-corrected chi connectivity index (χ4v) is 3.59. The van der Waals surface area contributed by atoms with E-state index < -0.39 is 10.0 Å². The quantitative estimate of drug-likeness (QED) is 0.871. The Morgan fingerprint density at radius 2 is 1.86 bits per heavy atom. The van der Waals surface area contributed by atoms with Crippen molar-refractivity contribution in [3.05, 3.63) is 59.1 Å². The van der Waals surface area contributed by atoms with Crippen LogP contribution in [0.25, 0.3) is 0 Å². The molecule has 0 fully saturated rings.